The number of anilines is 1. The van der Waals surface area contributed by atoms with Crippen molar-refractivity contribution in [3.05, 3.63) is 30.3 Å². The predicted octanol–water partition coefficient (Wildman–Crippen LogP) is 5.22. The Labute approximate surface area is 174 Å². The molecule has 0 aromatic heterocycles. The molecule has 0 saturated heterocycles. The third-order valence-corrected chi connectivity index (χ3v) is 7.72. The summed E-state index contributed by atoms with van der Waals surface area (Å²) in [7, 11) is 0. The number of nitrogens with zero attached hydrogens (tertiary/aromatic N) is 2. The molecular formula is C21H30Br2N2O. The third kappa shape index (κ3) is 4.53. The lowest BCUT2D eigenvalue weighted by Crippen LogP contribution is -2.54. The van der Waals surface area contributed by atoms with E-state index in [2.05, 4.69) is 67.6 Å². The molecule has 0 radical (unpaired) electrons. The highest BCUT2D eigenvalue weighted by Crippen LogP contribution is 2.42. The molecule has 5 atom stereocenters. The summed E-state index contributed by atoms with van der Waals surface area (Å²) in [5.74, 6) is 0.434. The van der Waals surface area contributed by atoms with Crippen molar-refractivity contribution in [2.75, 3.05) is 18.0 Å². The first-order valence-corrected chi connectivity index (χ1v) is 11.8. The van der Waals surface area contributed by atoms with Crippen LogP contribution in [-0.4, -0.2) is 45.6 Å². The number of likely N-dealkylation sites (N-methyl/N-ethyl adjacent to an activating group) is 1. The zero-order chi connectivity index (χ0) is 18.7. The van der Waals surface area contributed by atoms with Crippen LogP contribution in [0.5, 0.6) is 0 Å². The first kappa shape index (κ1) is 20.3. The molecule has 26 heavy (non-hydrogen) atoms. The molecule has 3 nitrogen and oxygen atoms in total. The summed E-state index contributed by atoms with van der Waals surface area (Å²) in [5.41, 5.74) is 1.05. The minimum Gasteiger partial charge on any atom is -0.308 e. The van der Waals surface area contributed by atoms with E-state index in [1.165, 1.54) is 6.42 Å². The Kier molecular flexibility index (Phi) is 7.20. The molecule has 2 aliphatic carbocycles. The number of carbonyl (C=O) groups is 1. The van der Waals surface area contributed by atoms with Gasteiger partial charge in [-0.1, -0.05) is 70.3 Å². The van der Waals surface area contributed by atoms with Crippen LogP contribution in [0.15, 0.2) is 30.3 Å². The smallest absolute Gasteiger partial charge is 0.231 e. The number of hydrogen-bond acceptors (Lipinski definition) is 2. The maximum atomic E-state index is 13.4. The first-order valence-electron chi connectivity index (χ1n) is 9.97. The lowest BCUT2D eigenvalue weighted by atomic mass is 9.97. The van der Waals surface area contributed by atoms with Crippen LogP contribution in [0, 0.1) is 5.92 Å². The van der Waals surface area contributed by atoms with Crippen LogP contribution in [0.4, 0.5) is 5.69 Å². The van der Waals surface area contributed by atoms with Gasteiger partial charge >= 0.3 is 0 Å². The monoisotopic (exact) mass is 484 g/mol. The summed E-state index contributed by atoms with van der Waals surface area (Å²) in [6.45, 7) is 6.52. The average molecular weight is 486 g/mol. The molecule has 1 amide bonds. The second-order valence-corrected chi connectivity index (χ2v) is 9.99. The van der Waals surface area contributed by atoms with E-state index in [1.54, 1.807) is 0 Å². The van der Waals surface area contributed by atoms with Gasteiger partial charge in [0.05, 0.1) is 12.0 Å². The maximum absolute atomic E-state index is 13.4. The van der Waals surface area contributed by atoms with E-state index < -0.39 is 0 Å². The third-order valence-electron chi connectivity index (χ3n) is 5.87. The molecule has 2 aliphatic rings. The molecule has 0 N–H and O–H groups in total. The molecule has 0 spiro atoms. The molecular weight excluding hydrogens is 456 g/mol. The zero-order valence-corrected chi connectivity index (χ0v) is 19.0. The van der Waals surface area contributed by atoms with E-state index in [0.29, 0.717) is 21.6 Å². The molecule has 3 rings (SSSR count). The topological polar surface area (TPSA) is 23.6 Å². The second-order valence-electron chi connectivity index (χ2n) is 7.52. The standard InChI is InChI=1S/C21H30Br2N2O/c1-3-24(4-2)20-13-15(22)9-8-12-19(20)25(16-10-6-5-7-11-16)21(26)17-14-18(17)23/h5-7,10-11,15,17-20H,3-4,8-9,12-14H2,1-2H3. The Bertz CT molecular complexity index is 593. The number of para-hydroxylation sites is 1. The van der Waals surface area contributed by atoms with Crippen molar-refractivity contribution in [3.8, 4) is 0 Å². The Morgan fingerprint density at radius 2 is 1.69 bits per heavy atom. The fourth-order valence-corrected chi connectivity index (χ4v) is 5.67. The SMILES string of the molecule is CCN(CC)C1CC(Br)CCCC1N(C(=O)C1CC1Br)c1ccccc1. The number of rotatable bonds is 6. The van der Waals surface area contributed by atoms with Gasteiger partial charge in [0.25, 0.3) is 0 Å². The van der Waals surface area contributed by atoms with Gasteiger partial charge in [-0.15, -0.1) is 0 Å². The highest BCUT2D eigenvalue weighted by molar-refractivity contribution is 9.09. The number of alkyl halides is 2. The van der Waals surface area contributed by atoms with E-state index in [0.717, 1.165) is 44.5 Å². The summed E-state index contributed by atoms with van der Waals surface area (Å²) in [6.07, 6.45) is 5.49. The van der Waals surface area contributed by atoms with Crippen molar-refractivity contribution in [1.29, 1.82) is 0 Å². The van der Waals surface area contributed by atoms with E-state index in [-0.39, 0.29) is 12.0 Å². The molecule has 2 fully saturated rings. The van der Waals surface area contributed by atoms with Gasteiger partial charge in [-0.2, -0.15) is 0 Å². The van der Waals surface area contributed by atoms with Crippen LogP contribution in [0.2, 0.25) is 0 Å². The summed E-state index contributed by atoms with van der Waals surface area (Å²) in [5, 5.41) is 0. The van der Waals surface area contributed by atoms with Crippen LogP contribution in [0.25, 0.3) is 0 Å². The van der Waals surface area contributed by atoms with Crippen LogP contribution >= 0.6 is 31.9 Å². The van der Waals surface area contributed by atoms with Crippen molar-refractivity contribution in [3.63, 3.8) is 0 Å². The summed E-state index contributed by atoms with van der Waals surface area (Å²) in [6, 6.07) is 11.0. The van der Waals surface area contributed by atoms with Crippen molar-refractivity contribution >= 4 is 43.5 Å². The molecule has 5 unspecified atom stereocenters. The first-order chi connectivity index (χ1) is 12.6. The Morgan fingerprint density at radius 3 is 2.27 bits per heavy atom. The Hall–Kier alpha value is -0.390. The number of halogens is 2. The van der Waals surface area contributed by atoms with E-state index in [9.17, 15) is 4.79 Å². The van der Waals surface area contributed by atoms with Gasteiger partial charge in [0.15, 0.2) is 0 Å². The molecule has 5 heteroatoms. The molecule has 2 saturated carbocycles. The molecule has 144 valence electrons. The number of amides is 1. The van der Waals surface area contributed by atoms with Crippen LogP contribution in [0.1, 0.15) is 46.0 Å². The van der Waals surface area contributed by atoms with E-state index in [4.69, 9.17) is 0 Å². The van der Waals surface area contributed by atoms with Gasteiger partial charge < -0.3 is 4.90 Å². The molecule has 0 heterocycles. The fraction of sp³-hybridized carbons (Fsp3) is 0.667. The highest BCUT2D eigenvalue weighted by Gasteiger charge is 2.47. The van der Waals surface area contributed by atoms with Crippen molar-refractivity contribution in [2.24, 2.45) is 5.92 Å². The highest BCUT2D eigenvalue weighted by atomic mass is 79.9. The summed E-state index contributed by atoms with van der Waals surface area (Å²) in [4.78, 5) is 19.0. The fourth-order valence-electron chi connectivity index (χ4n) is 4.33. The van der Waals surface area contributed by atoms with Gasteiger partial charge in [-0.25, -0.2) is 0 Å². The minimum atomic E-state index is 0.135. The van der Waals surface area contributed by atoms with Crippen molar-refractivity contribution in [2.45, 2.75) is 67.7 Å². The van der Waals surface area contributed by atoms with Crippen LogP contribution in [-0.2, 0) is 4.79 Å². The summed E-state index contributed by atoms with van der Waals surface area (Å²) < 4.78 is 0. The van der Waals surface area contributed by atoms with Gasteiger partial charge in [-0.05, 0) is 50.9 Å². The Balaban J connectivity index is 1.97. The van der Waals surface area contributed by atoms with Gasteiger partial charge in [0, 0.05) is 21.4 Å². The normalized spacial score (nSPS) is 31.5. The van der Waals surface area contributed by atoms with Crippen molar-refractivity contribution < 1.29 is 4.79 Å². The van der Waals surface area contributed by atoms with E-state index >= 15 is 0 Å². The quantitative estimate of drug-likeness (QED) is 0.407. The van der Waals surface area contributed by atoms with Gasteiger partial charge in [-0.3, -0.25) is 9.69 Å². The summed E-state index contributed by atoms with van der Waals surface area (Å²) >= 11 is 7.53. The second kappa shape index (κ2) is 9.20. The molecule has 1 aromatic carbocycles. The molecule has 1 aromatic rings. The van der Waals surface area contributed by atoms with E-state index in [1.807, 2.05) is 18.2 Å². The maximum Gasteiger partial charge on any atom is 0.231 e. The van der Waals surface area contributed by atoms with Crippen molar-refractivity contribution in [1.82, 2.24) is 4.90 Å². The van der Waals surface area contributed by atoms with Gasteiger partial charge in [0.2, 0.25) is 5.91 Å². The van der Waals surface area contributed by atoms with Crippen LogP contribution in [0.3, 0.4) is 0 Å². The predicted molar refractivity (Wildman–Crippen MR) is 116 cm³/mol. The molecule has 0 bridgehead atoms. The largest absolute Gasteiger partial charge is 0.308 e. The number of benzene rings is 1. The average Bonchev–Trinajstić information content (AvgIpc) is 3.40. The lowest BCUT2D eigenvalue weighted by Gasteiger charge is -2.42. The molecule has 0 aliphatic heterocycles. The Morgan fingerprint density at radius 1 is 1.04 bits per heavy atom. The lowest BCUT2D eigenvalue weighted by molar-refractivity contribution is -0.120. The minimum absolute atomic E-state index is 0.135. The van der Waals surface area contributed by atoms with Crippen LogP contribution < -0.4 is 4.90 Å². The number of hydrogen-bond donors (Lipinski definition) is 0. The zero-order valence-electron chi connectivity index (χ0n) is 15.8. The number of carbonyl (C=O) groups excluding carboxylic acids is 1. The van der Waals surface area contributed by atoms with Gasteiger partial charge in [0.1, 0.15) is 0 Å².